The normalized spacial score (nSPS) is 11.0. The average molecular weight is 334 g/mol. The van der Waals surface area contributed by atoms with Gasteiger partial charge in [0.1, 0.15) is 16.2 Å². The van der Waals surface area contributed by atoms with Crippen molar-refractivity contribution in [2.45, 2.75) is 0 Å². The van der Waals surface area contributed by atoms with Crippen molar-refractivity contribution in [1.29, 1.82) is 0 Å². The number of nitrogens with zero attached hydrogens (tertiary/aromatic N) is 3. The van der Waals surface area contributed by atoms with E-state index < -0.39 is 0 Å². The Morgan fingerprint density at radius 3 is 2.50 bits per heavy atom. The Bertz CT molecular complexity index is 763. The largest absolute Gasteiger partial charge is 0.378 e. The quantitative estimate of drug-likeness (QED) is 0.707. The number of aromatic nitrogens is 2. The van der Waals surface area contributed by atoms with Crippen LogP contribution in [0.1, 0.15) is 0 Å². The van der Waals surface area contributed by atoms with Crippen molar-refractivity contribution in [3.8, 4) is 11.4 Å². The molecular formula is C15H13BrFN3. The van der Waals surface area contributed by atoms with Crippen LogP contribution in [0.25, 0.3) is 16.9 Å². The van der Waals surface area contributed by atoms with E-state index in [4.69, 9.17) is 0 Å². The third-order valence-corrected chi connectivity index (χ3v) is 3.78. The van der Waals surface area contributed by atoms with Crippen molar-refractivity contribution in [3.05, 3.63) is 53.0 Å². The summed E-state index contributed by atoms with van der Waals surface area (Å²) in [5.74, 6) is 0.542. The summed E-state index contributed by atoms with van der Waals surface area (Å²) in [6, 6.07) is 10.4. The van der Waals surface area contributed by atoms with E-state index in [2.05, 4.69) is 27.0 Å². The van der Waals surface area contributed by atoms with E-state index in [9.17, 15) is 4.39 Å². The Hall–Kier alpha value is -1.88. The number of fused-ring (bicyclic) bond motifs is 1. The van der Waals surface area contributed by atoms with Crippen molar-refractivity contribution in [3.63, 3.8) is 0 Å². The lowest BCUT2D eigenvalue weighted by molar-refractivity contribution is 0.628. The standard InChI is InChI=1S/C15H13BrFN3/c1-19(2)12-7-8-20-13(9-12)14(16)18-15(20)10-3-5-11(17)6-4-10/h3-9H,1-2H3. The number of imidazole rings is 1. The molecule has 3 aromatic rings. The van der Waals surface area contributed by atoms with Gasteiger partial charge in [-0.3, -0.25) is 4.40 Å². The maximum Gasteiger partial charge on any atom is 0.145 e. The van der Waals surface area contributed by atoms with Gasteiger partial charge in [0, 0.05) is 31.5 Å². The second-order valence-corrected chi connectivity index (χ2v) is 5.52. The Morgan fingerprint density at radius 2 is 1.85 bits per heavy atom. The fourth-order valence-corrected chi connectivity index (χ4v) is 2.59. The minimum atomic E-state index is -0.247. The number of hydrogen-bond donors (Lipinski definition) is 0. The van der Waals surface area contributed by atoms with Crippen LogP contribution in [0.15, 0.2) is 47.2 Å². The first kappa shape index (κ1) is 13.1. The summed E-state index contributed by atoms with van der Waals surface area (Å²) >= 11 is 3.49. The lowest BCUT2D eigenvalue weighted by atomic mass is 10.2. The smallest absolute Gasteiger partial charge is 0.145 e. The van der Waals surface area contributed by atoms with Crippen molar-refractivity contribution in [1.82, 2.24) is 9.38 Å². The van der Waals surface area contributed by atoms with E-state index in [1.54, 1.807) is 12.1 Å². The molecule has 0 spiro atoms. The van der Waals surface area contributed by atoms with Crippen molar-refractivity contribution < 1.29 is 4.39 Å². The SMILES string of the molecule is CN(C)c1ccn2c(-c3ccc(F)cc3)nc(Br)c2c1. The van der Waals surface area contributed by atoms with Gasteiger partial charge in [0.2, 0.25) is 0 Å². The minimum Gasteiger partial charge on any atom is -0.378 e. The third-order valence-electron chi connectivity index (χ3n) is 3.20. The average Bonchev–Trinajstić information content (AvgIpc) is 2.76. The molecule has 1 aromatic carbocycles. The molecule has 0 saturated heterocycles. The first-order valence-electron chi connectivity index (χ1n) is 6.17. The van der Waals surface area contributed by atoms with Gasteiger partial charge in [-0.15, -0.1) is 0 Å². The predicted molar refractivity (Wildman–Crippen MR) is 82.6 cm³/mol. The maximum absolute atomic E-state index is 13.0. The van der Waals surface area contributed by atoms with Crippen LogP contribution < -0.4 is 4.90 Å². The minimum absolute atomic E-state index is 0.247. The molecule has 102 valence electrons. The van der Waals surface area contributed by atoms with Gasteiger partial charge in [0.25, 0.3) is 0 Å². The molecule has 2 aromatic heterocycles. The Kier molecular flexibility index (Phi) is 3.22. The third kappa shape index (κ3) is 2.18. The van der Waals surface area contributed by atoms with E-state index in [-0.39, 0.29) is 5.82 Å². The number of benzene rings is 1. The monoisotopic (exact) mass is 333 g/mol. The number of anilines is 1. The fraction of sp³-hybridized carbons (Fsp3) is 0.133. The first-order valence-corrected chi connectivity index (χ1v) is 6.96. The molecule has 0 atom stereocenters. The zero-order valence-corrected chi connectivity index (χ0v) is 12.7. The molecular weight excluding hydrogens is 321 g/mol. The number of halogens is 2. The molecule has 20 heavy (non-hydrogen) atoms. The second kappa shape index (κ2) is 4.90. The lowest BCUT2D eigenvalue weighted by Gasteiger charge is -2.12. The highest BCUT2D eigenvalue weighted by molar-refractivity contribution is 9.10. The fourth-order valence-electron chi connectivity index (χ4n) is 2.12. The molecule has 0 N–H and O–H groups in total. The van der Waals surface area contributed by atoms with Gasteiger partial charge in [-0.1, -0.05) is 0 Å². The zero-order valence-electron chi connectivity index (χ0n) is 11.1. The Labute approximate surface area is 124 Å². The summed E-state index contributed by atoms with van der Waals surface area (Å²) in [5, 5.41) is 0. The molecule has 0 unspecified atom stereocenters. The molecule has 0 aliphatic heterocycles. The Morgan fingerprint density at radius 1 is 1.15 bits per heavy atom. The molecule has 0 fully saturated rings. The molecule has 0 radical (unpaired) electrons. The van der Waals surface area contributed by atoms with E-state index >= 15 is 0 Å². The lowest BCUT2D eigenvalue weighted by Crippen LogP contribution is -2.08. The topological polar surface area (TPSA) is 20.5 Å². The molecule has 0 amide bonds. The summed E-state index contributed by atoms with van der Waals surface area (Å²) in [5.41, 5.74) is 2.96. The first-order chi connectivity index (χ1) is 9.56. The van der Waals surface area contributed by atoms with Crippen molar-refractivity contribution >= 4 is 27.1 Å². The zero-order chi connectivity index (χ0) is 14.3. The summed E-state index contributed by atoms with van der Waals surface area (Å²) in [7, 11) is 3.99. The predicted octanol–water partition coefficient (Wildman–Crippen LogP) is 3.97. The van der Waals surface area contributed by atoms with Gasteiger partial charge < -0.3 is 4.90 Å². The molecule has 0 aliphatic carbocycles. The second-order valence-electron chi connectivity index (χ2n) is 4.77. The van der Waals surface area contributed by atoms with Gasteiger partial charge in [-0.25, -0.2) is 9.37 Å². The molecule has 0 bridgehead atoms. The van der Waals surface area contributed by atoms with Crippen LogP contribution in [0, 0.1) is 5.82 Å². The van der Waals surface area contributed by atoms with Crippen LogP contribution in [0.3, 0.4) is 0 Å². The maximum atomic E-state index is 13.0. The highest BCUT2D eigenvalue weighted by Crippen LogP contribution is 2.28. The highest BCUT2D eigenvalue weighted by atomic mass is 79.9. The van der Waals surface area contributed by atoms with Crippen LogP contribution in [-0.2, 0) is 0 Å². The Balaban J connectivity index is 2.20. The van der Waals surface area contributed by atoms with Crippen LogP contribution in [0.2, 0.25) is 0 Å². The number of pyridine rings is 1. The summed E-state index contributed by atoms with van der Waals surface area (Å²) < 4.78 is 15.8. The molecule has 0 saturated carbocycles. The van der Waals surface area contributed by atoms with E-state index in [0.717, 1.165) is 27.2 Å². The summed E-state index contributed by atoms with van der Waals surface area (Å²) in [6.07, 6.45) is 1.97. The molecule has 3 nitrogen and oxygen atoms in total. The highest BCUT2D eigenvalue weighted by Gasteiger charge is 2.12. The van der Waals surface area contributed by atoms with Crippen molar-refractivity contribution in [2.75, 3.05) is 19.0 Å². The molecule has 2 heterocycles. The van der Waals surface area contributed by atoms with Crippen LogP contribution >= 0.6 is 15.9 Å². The van der Waals surface area contributed by atoms with Crippen LogP contribution in [0.5, 0.6) is 0 Å². The van der Waals surface area contributed by atoms with Gasteiger partial charge >= 0.3 is 0 Å². The summed E-state index contributed by atoms with van der Waals surface area (Å²) in [6.45, 7) is 0. The van der Waals surface area contributed by atoms with Crippen LogP contribution in [0.4, 0.5) is 10.1 Å². The van der Waals surface area contributed by atoms with Gasteiger partial charge in [0.05, 0.1) is 5.52 Å². The summed E-state index contributed by atoms with van der Waals surface area (Å²) in [4.78, 5) is 6.57. The van der Waals surface area contributed by atoms with Gasteiger partial charge in [0.15, 0.2) is 0 Å². The van der Waals surface area contributed by atoms with Gasteiger partial charge in [-0.05, 0) is 52.3 Å². The number of hydrogen-bond acceptors (Lipinski definition) is 2. The van der Waals surface area contributed by atoms with E-state index in [1.807, 2.05) is 35.7 Å². The van der Waals surface area contributed by atoms with E-state index in [0.29, 0.717) is 0 Å². The van der Waals surface area contributed by atoms with Gasteiger partial charge in [-0.2, -0.15) is 0 Å². The van der Waals surface area contributed by atoms with Crippen molar-refractivity contribution in [2.24, 2.45) is 0 Å². The molecule has 3 rings (SSSR count). The van der Waals surface area contributed by atoms with E-state index in [1.165, 1.54) is 12.1 Å². The van der Waals surface area contributed by atoms with Crippen LogP contribution in [-0.4, -0.2) is 23.5 Å². The molecule has 0 aliphatic rings. The number of rotatable bonds is 2. The molecule has 5 heteroatoms.